The molecule has 0 atom stereocenters. The van der Waals surface area contributed by atoms with Gasteiger partial charge in [-0.1, -0.05) is 18.2 Å². The summed E-state index contributed by atoms with van der Waals surface area (Å²) in [4.78, 5) is 24.6. The summed E-state index contributed by atoms with van der Waals surface area (Å²) in [7, 11) is -3.79. The van der Waals surface area contributed by atoms with E-state index in [1.54, 1.807) is 11.0 Å². The van der Waals surface area contributed by atoms with Crippen molar-refractivity contribution in [3.8, 4) is 5.75 Å². The highest BCUT2D eigenvalue weighted by atomic mass is 32.2. The molecule has 4 rings (SSSR count). The van der Waals surface area contributed by atoms with Gasteiger partial charge in [-0.25, -0.2) is 8.42 Å². The Labute approximate surface area is 173 Å². The lowest BCUT2D eigenvalue weighted by Crippen LogP contribution is -2.51. The van der Waals surface area contributed by atoms with E-state index in [0.717, 1.165) is 11.3 Å². The summed E-state index contributed by atoms with van der Waals surface area (Å²) >= 11 is 0. The van der Waals surface area contributed by atoms with Gasteiger partial charge < -0.3 is 9.64 Å². The molecule has 0 aromatic heterocycles. The second-order valence-electron chi connectivity index (χ2n) is 6.94. The van der Waals surface area contributed by atoms with E-state index in [1.807, 2.05) is 24.3 Å². The van der Waals surface area contributed by atoms with E-state index < -0.39 is 14.9 Å². The second-order valence-corrected chi connectivity index (χ2v) is 8.88. The molecule has 1 fully saturated rings. The highest BCUT2D eigenvalue weighted by Crippen LogP contribution is 2.27. The van der Waals surface area contributed by atoms with Crippen molar-refractivity contribution in [2.45, 2.75) is 4.90 Å². The molecule has 0 radical (unpaired) electrons. The Morgan fingerprint density at radius 1 is 1.00 bits per heavy atom. The molecule has 2 aliphatic rings. The van der Waals surface area contributed by atoms with Crippen LogP contribution in [-0.4, -0.2) is 61.2 Å². The monoisotopic (exact) mass is 429 g/mol. The van der Waals surface area contributed by atoms with Gasteiger partial charge in [0.1, 0.15) is 12.4 Å². The molecular formula is C20H19N3O6S. The third kappa shape index (κ3) is 3.79. The number of ether oxygens (including phenoxy) is 1. The molecule has 2 aliphatic heterocycles. The average Bonchev–Trinajstić information content (AvgIpc) is 2.78. The largest absolute Gasteiger partial charge is 0.488 e. The standard InChI is InChI=1S/C20H19N3O6S/c24-20(16-13-15-3-1-2-4-19(15)29-14-16)21-9-11-22(12-10-21)30(27,28)18-7-5-17(6-8-18)23(25)26/h1-8,13H,9-12,14H2. The Kier molecular flexibility index (Phi) is 5.27. The number of benzene rings is 2. The van der Waals surface area contributed by atoms with Crippen LogP contribution in [0.15, 0.2) is 59.0 Å². The van der Waals surface area contributed by atoms with Crippen molar-refractivity contribution >= 4 is 27.7 Å². The molecule has 2 aromatic carbocycles. The molecule has 0 aliphatic carbocycles. The van der Waals surface area contributed by atoms with E-state index in [9.17, 15) is 23.3 Å². The van der Waals surface area contributed by atoms with Crippen LogP contribution < -0.4 is 4.74 Å². The summed E-state index contributed by atoms with van der Waals surface area (Å²) < 4.78 is 32.5. The van der Waals surface area contributed by atoms with Crippen LogP contribution in [-0.2, 0) is 14.8 Å². The number of piperazine rings is 1. The molecule has 10 heteroatoms. The predicted octanol–water partition coefficient (Wildman–Crippen LogP) is 1.90. The molecule has 0 N–H and O–H groups in total. The fourth-order valence-electron chi connectivity index (χ4n) is 3.46. The van der Waals surface area contributed by atoms with Crippen LogP contribution in [0, 0.1) is 10.1 Å². The summed E-state index contributed by atoms with van der Waals surface area (Å²) in [5.74, 6) is 0.560. The van der Waals surface area contributed by atoms with Crippen LogP contribution in [0.4, 0.5) is 5.69 Å². The van der Waals surface area contributed by atoms with Crippen LogP contribution in [0.2, 0.25) is 0 Å². The molecule has 30 heavy (non-hydrogen) atoms. The number of rotatable bonds is 4. The first-order chi connectivity index (χ1) is 14.4. The molecule has 0 unspecified atom stereocenters. The Morgan fingerprint density at radius 2 is 1.67 bits per heavy atom. The van der Waals surface area contributed by atoms with Crippen molar-refractivity contribution in [2.24, 2.45) is 0 Å². The molecule has 0 bridgehead atoms. The van der Waals surface area contributed by atoms with Gasteiger partial charge in [-0.3, -0.25) is 14.9 Å². The molecule has 1 saturated heterocycles. The lowest BCUT2D eigenvalue weighted by atomic mass is 10.1. The zero-order valence-corrected chi connectivity index (χ0v) is 16.7. The summed E-state index contributed by atoms with van der Waals surface area (Å²) in [6.07, 6.45) is 1.81. The fourth-order valence-corrected chi connectivity index (χ4v) is 4.89. The molecule has 156 valence electrons. The molecule has 9 nitrogen and oxygen atoms in total. The molecule has 1 amide bonds. The maximum Gasteiger partial charge on any atom is 0.269 e. The van der Waals surface area contributed by atoms with Gasteiger partial charge in [0.25, 0.3) is 11.6 Å². The van der Waals surface area contributed by atoms with Crippen LogP contribution in [0.3, 0.4) is 0 Å². The minimum atomic E-state index is -3.79. The summed E-state index contributed by atoms with van der Waals surface area (Å²) in [6.45, 7) is 0.983. The van der Waals surface area contributed by atoms with Crippen molar-refractivity contribution < 1.29 is 22.9 Å². The van der Waals surface area contributed by atoms with E-state index in [4.69, 9.17) is 4.74 Å². The van der Waals surface area contributed by atoms with Crippen molar-refractivity contribution in [1.82, 2.24) is 9.21 Å². The van der Waals surface area contributed by atoms with Crippen LogP contribution in [0.25, 0.3) is 6.08 Å². The number of nitrogens with zero attached hydrogens (tertiary/aromatic N) is 3. The van der Waals surface area contributed by atoms with Gasteiger partial charge in [0.2, 0.25) is 10.0 Å². The number of nitro benzene ring substituents is 1. The number of hydrogen-bond donors (Lipinski definition) is 0. The number of carbonyl (C=O) groups excluding carboxylic acids is 1. The molecule has 2 aromatic rings. The lowest BCUT2D eigenvalue weighted by molar-refractivity contribution is -0.384. The van der Waals surface area contributed by atoms with E-state index in [-0.39, 0.29) is 49.3 Å². The second kappa shape index (κ2) is 7.88. The Morgan fingerprint density at radius 3 is 2.33 bits per heavy atom. The topological polar surface area (TPSA) is 110 Å². The highest BCUT2D eigenvalue weighted by molar-refractivity contribution is 7.89. The number of para-hydroxylation sites is 1. The maximum absolute atomic E-state index is 12.8. The summed E-state index contributed by atoms with van der Waals surface area (Å²) in [5, 5.41) is 10.8. The Hall–Kier alpha value is -3.24. The number of non-ortho nitro benzene ring substituents is 1. The van der Waals surface area contributed by atoms with Crippen molar-refractivity contribution in [3.63, 3.8) is 0 Å². The molecular weight excluding hydrogens is 410 g/mol. The zero-order chi connectivity index (χ0) is 21.3. The Balaban J connectivity index is 1.43. The van der Waals surface area contributed by atoms with Gasteiger partial charge >= 0.3 is 0 Å². The smallest absolute Gasteiger partial charge is 0.269 e. The minimum Gasteiger partial charge on any atom is -0.488 e. The number of nitro groups is 1. The minimum absolute atomic E-state index is 0.00660. The van der Waals surface area contributed by atoms with Gasteiger partial charge in [0, 0.05) is 43.9 Å². The molecule has 0 saturated carbocycles. The van der Waals surface area contributed by atoms with E-state index in [2.05, 4.69) is 0 Å². The average molecular weight is 429 g/mol. The van der Waals surface area contributed by atoms with Gasteiger partial charge in [-0.05, 0) is 24.3 Å². The van der Waals surface area contributed by atoms with E-state index >= 15 is 0 Å². The number of fused-ring (bicyclic) bond motifs is 1. The number of carbonyl (C=O) groups is 1. The maximum atomic E-state index is 12.8. The lowest BCUT2D eigenvalue weighted by Gasteiger charge is -2.34. The van der Waals surface area contributed by atoms with Gasteiger partial charge in [-0.15, -0.1) is 0 Å². The highest BCUT2D eigenvalue weighted by Gasteiger charge is 2.32. The third-order valence-corrected chi connectivity index (χ3v) is 7.03. The predicted molar refractivity (Wildman–Crippen MR) is 108 cm³/mol. The van der Waals surface area contributed by atoms with E-state index in [0.29, 0.717) is 5.57 Å². The van der Waals surface area contributed by atoms with Crippen LogP contribution in [0.5, 0.6) is 5.75 Å². The van der Waals surface area contributed by atoms with E-state index in [1.165, 1.54) is 28.6 Å². The quantitative estimate of drug-likeness (QED) is 0.542. The normalized spacial score (nSPS) is 16.9. The fraction of sp³-hybridized carbons (Fsp3) is 0.250. The van der Waals surface area contributed by atoms with Gasteiger partial charge in [0.15, 0.2) is 0 Å². The van der Waals surface area contributed by atoms with Gasteiger partial charge in [0.05, 0.1) is 15.4 Å². The van der Waals surface area contributed by atoms with Crippen molar-refractivity contribution in [3.05, 3.63) is 69.8 Å². The first-order valence-electron chi connectivity index (χ1n) is 9.32. The van der Waals surface area contributed by atoms with Crippen molar-refractivity contribution in [2.75, 3.05) is 32.8 Å². The van der Waals surface area contributed by atoms with Crippen molar-refractivity contribution in [1.29, 1.82) is 0 Å². The Bertz CT molecular complexity index is 1120. The number of sulfonamides is 1. The van der Waals surface area contributed by atoms with Gasteiger partial charge in [-0.2, -0.15) is 4.31 Å². The SMILES string of the molecule is O=C(C1=Cc2ccccc2OC1)N1CCN(S(=O)(=O)c2ccc([N+](=O)[O-])cc2)CC1. The summed E-state index contributed by atoms with van der Waals surface area (Å²) in [5.41, 5.74) is 1.20. The van der Waals surface area contributed by atoms with Crippen LogP contribution >= 0.6 is 0 Å². The molecule has 2 heterocycles. The first kappa shape index (κ1) is 20.0. The summed E-state index contributed by atoms with van der Waals surface area (Å²) in [6, 6.07) is 12.2. The number of amides is 1. The zero-order valence-electron chi connectivity index (χ0n) is 15.9. The molecule has 0 spiro atoms. The third-order valence-electron chi connectivity index (χ3n) is 5.12. The first-order valence-corrected chi connectivity index (χ1v) is 10.8. The van der Waals surface area contributed by atoms with Crippen LogP contribution in [0.1, 0.15) is 5.56 Å². The number of hydrogen-bond acceptors (Lipinski definition) is 6.